The minimum absolute atomic E-state index is 0.471. The second-order valence-corrected chi connectivity index (χ2v) is 5.45. The molecule has 0 heterocycles. The molecule has 2 aromatic carbocycles. The van der Waals surface area contributed by atoms with Crippen LogP contribution in [-0.4, -0.2) is 17.0 Å². The summed E-state index contributed by atoms with van der Waals surface area (Å²) >= 11 is 6.01. The average Bonchev–Trinajstić information content (AvgIpc) is 2.81. The summed E-state index contributed by atoms with van der Waals surface area (Å²) < 4.78 is 0. The third kappa shape index (κ3) is 2.87. The molecule has 3 rings (SSSR count). The number of rotatable bonds is 3. The van der Waals surface area contributed by atoms with E-state index in [1.165, 1.54) is 0 Å². The van der Waals surface area contributed by atoms with Gasteiger partial charge in [0, 0.05) is 22.9 Å². The lowest BCUT2D eigenvalue weighted by molar-refractivity contribution is -0.131. The summed E-state index contributed by atoms with van der Waals surface area (Å²) in [4.78, 5) is 22.0. The molecule has 0 bridgehead atoms. The maximum Gasteiger partial charge on any atom is 0.328 e. The van der Waals surface area contributed by atoms with E-state index in [9.17, 15) is 9.59 Å². The zero-order valence-corrected chi connectivity index (χ0v) is 12.2. The fourth-order valence-corrected chi connectivity index (χ4v) is 2.78. The number of benzene rings is 2. The summed E-state index contributed by atoms with van der Waals surface area (Å²) in [7, 11) is 0. The molecule has 0 aromatic heterocycles. The Hall–Kier alpha value is -2.59. The molecule has 0 atom stereocenters. The molecule has 2 N–H and O–H groups in total. The van der Waals surface area contributed by atoms with Crippen molar-refractivity contribution in [2.45, 2.75) is 6.42 Å². The number of carbonyl (C=O) groups excluding carboxylic acids is 1. The number of nitrogens with one attached hydrogen (secondary N) is 1. The van der Waals surface area contributed by atoms with Crippen LogP contribution in [0.5, 0.6) is 0 Å². The fourth-order valence-electron chi connectivity index (χ4n) is 2.59. The second-order valence-electron chi connectivity index (χ2n) is 5.01. The van der Waals surface area contributed by atoms with Crippen LogP contribution in [0.4, 0.5) is 5.69 Å². The minimum Gasteiger partial charge on any atom is -0.478 e. The molecular formula is C17H12ClNO3. The number of fused-ring (bicyclic) bond motifs is 3. The molecule has 1 aliphatic carbocycles. The Morgan fingerprint density at radius 1 is 1.05 bits per heavy atom. The number of aliphatic carboxylic acids is 1. The van der Waals surface area contributed by atoms with Gasteiger partial charge in [0.05, 0.1) is 0 Å². The first-order chi connectivity index (χ1) is 10.5. The first kappa shape index (κ1) is 14.4. The molecule has 1 amide bonds. The van der Waals surface area contributed by atoms with Gasteiger partial charge in [0.15, 0.2) is 0 Å². The SMILES string of the molecule is O=C(O)C=CC(=O)Nc1ccc2c(c1)Cc1cc(Cl)ccc1-2. The van der Waals surface area contributed by atoms with Gasteiger partial charge in [-0.3, -0.25) is 4.79 Å². The first-order valence-electron chi connectivity index (χ1n) is 6.66. The Kier molecular flexibility index (Phi) is 3.69. The number of hydrogen-bond acceptors (Lipinski definition) is 2. The molecule has 5 heteroatoms. The van der Waals surface area contributed by atoms with Crippen LogP contribution in [0, 0.1) is 0 Å². The van der Waals surface area contributed by atoms with Crippen LogP contribution in [0.15, 0.2) is 48.6 Å². The topological polar surface area (TPSA) is 66.4 Å². The average molecular weight is 314 g/mol. The van der Waals surface area contributed by atoms with E-state index in [0.717, 1.165) is 40.8 Å². The van der Waals surface area contributed by atoms with Crippen molar-refractivity contribution in [3.05, 3.63) is 64.7 Å². The highest BCUT2D eigenvalue weighted by Gasteiger charge is 2.18. The molecule has 2 aromatic rings. The minimum atomic E-state index is -1.16. The molecule has 0 radical (unpaired) electrons. The fraction of sp³-hybridized carbons (Fsp3) is 0.0588. The van der Waals surface area contributed by atoms with Gasteiger partial charge >= 0.3 is 5.97 Å². The zero-order chi connectivity index (χ0) is 15.7. The standard InChI is InChI=1S/C17H12ClNO3/c18-12-1-3-14-10(8-12)7-11-9-13(2-4-15(11)14)19-16(20)5-6-17(21)22/h1-6,8-9H,7H2,(H,19,20)(H,21,22). The van der Waals surface area contributed by atoms with Crippen LogP contribution < -0.4 is 5.32 Å². The maximum absolute atomic E-state index is 11.6. The lowest BCUT2D eigenvalue weighted by atomic mass is 10.1. The molecule has 0 aliphatic heterocycles. The molecule has 4 nitrogen and oxygen atoms in total. The third-order valence-corrected chi connectivity index (χ3v) is 3.72. The van der Waals surface area contributed by atoms with Crippen molar-refractivity contribution in [1.82, 2.24) is 0 Å². The highest BCUT2D eigenvalue weighted by Crippen LogP contribution is 2.38. The Labute approximate surface area is 132 Å². The molecule has 110 valence electrons. The maximum atomic E-state index is 11.6. The Morgan fingerprint density at radius 3 is 2.45 bits per heavy atom. The van der Waals surface area contributed by atoms with Gasteiger partial charge in [0.1, 0.15) is 0 Å². The number of hydrogen-bond donors (Lipinski definition) is 2. The number of carbonyl (C=O) groups is 2. The normalized spacial score (nSPS) is 12.0. The summed E-state index contributed by atoms with van der Waals surface area (Å²) in [5.41, 5.74) is 5.19. The van der Waals surface area contributed by atoms with Gasteiger partial charge in [-0.2, -0.15) is 0 Å². The van der Waals surface area contributed by atoms with Crippen LogP contribution >= 0.6 is 11.6 Å². The van der Waals surface area contributed by atoms with Gasteiger partial charge in [0.2, 0.25) is 5.91 Å². The molecule has 0 spiro atoms. The molecule has 0 unspecified atom stereocenters. The van der Waals surface area contributed by atoms with Crippen molar-refractivity contribution in [2.75, 3.05) is 5.32 Å². The molecule has 22 heavy (non-hydrogen) atoms. The van der Waals surface area contributed by atoms with Gasteiger partial charge < -0.3 is 10.4 Å². The molecule has 0 saturated carbocycles. The second kappa shape index (κ2) is 5.66. The van der Waals surface area contributed by atoms with E-state index in [4.69, 9.17) is 16.7 Å². The quantitative estimate of drug-likeness (QED) is 0.727. The highest BCUT2D eigenvalue weighted by atomic mass is 35.5. The monoisotopic (exact) mass is 313 g/mol. The number of anilines is 1. The predicted octanol–water partition coefficient (Wildman–Crippen LogP) is 3.49. The largest absolute Gasteiger partial charge is 0.478 e. The Bertz CT molecular complexity index is 812. The summed E-state index contributed by atoms with van der Waals surface area (Å²) in [5.74, 6) is -1.63. The summed E-state index contributed by atoms with van der Waals surface area (Å²) in [6.07, 6.45) is 2.56. The molecule has 1 aliphatic rings. The van der Waals surface area contributed by atoms with Gasteiger partial charge in [-0.25, -0.2) is 4.79 Å². The van der Waals surface area contributed by atoms with Crippen LogP contribution in [-0.2, 0) is 16.0 Å². The van der Waals surface area contributed by atoms with Crippen LogP contribution in [0.3, 0.4) is 0 Å². The lowest BCUT2D eigenvalue weighted by Gasteiger charge is -2.05. The van der Waals surface area contributed by atoms with Crippen molar-refractivity contribution < 1.29 is 14.7 Å². The molecular weight excluding hydrogens is 302 g/mol. The van der Waals surface area contributed by atoms with Crippen LogP contribution in [0.1, 0.15) is 11.1 Å². The van der Waals surface area contributed by atoms with E-state index in [-0.39, 0.29) is 0 Å². The Morgan fingerprint density at radius 2 is 1.73 bits per heavy atom. The summed E-state index contributed by atoms with van der Waals surface area (Å²) in [6, 6.07) is 11.5. The van der Waals surface area contributed by atoms with Gasteiger partial charge in [0.25, 0.3) is 0 Å². The van der Waals surface area contributed by atoms with Gasteiger partial charge in [-0.15, -0.1) is 0 Å². The van der Waals surface area contributed by atoms with Crippen molar-refractivity contribution in [2.24, 2.45) is 0 Å². The highest BCUT2D eigenvalue weighted by molar-refractivity contribution is 6.30. The van der Waals surface area contributed by atoms with Crippen LogP contribution in [0.25, 0.3) is 11.1 Å². The lowest BCUT2D eigenvalue weighted by Crippen LogP contribution is -2.08. The molecule has 0 fully saturated rings. The van der Waals surface area contributed by atoms with E-state index >= 15 is 0 Å². The Balaban J connectivity index is 1.82. The van der Waals surface area contributed by atoms with E-state index in [1.807, 2.05) is 30.3 Å². The number of halogens is 1. The zero-order valence-electron chi connectivity index (χ0n) is 11.5. The smallest absolute Gasteiger partial charge is 0.328 e. The molecule has 0 saturated heterocycles. The predicted molar refractivity (Wildman–Crippen MR) is 85.1 cm³/mol. The number of carboxylic acid groups (broad SMARTS) is 1. The van der Waals surface area contributed by atoms with Crippen LogP contribution in [0.2, 0.25) is 5.02 Å². The summed E-state index contributed by atoms with van der Waals surface area (Å²) in [5, 5.41) is 11.9. The van der Waals surface area contributed by atoms with Crippen molar-refractivity contribution >= 4 is 29.2 Å². The van der Waals surface area contributed by atoms with Crippen molar-refractivity contribution in [3.63, 3.8) is 0 Å². The first-order valence-corrected chi connectivity index (χ1v) is 7.04. The third-order valence-electron chi connectivity index (χ3n) is 3.49. The van der Waals surface area contributed by atoms with E-state index in [1.54, 1.807) is 6.07 Å². The van der Waals surface area contributed by atoms with E-state index in [0.29, 0.717) is 10.7 Å². The number of carboxylic acids is 1. The van der Waals surface area contributed by atoms with Gasteiger partial charge in [-0.05, 0) is 52.9 Å². The number of amides is 1. The van der Waals surface area contributed by atoms with Gasteiger partial charge in [-0.1, -0.05) is 23.7 Å². The summed E-state index contributed by atoms with van der Waals surface area (Å²) in [6.45, 7) is 0. The van der Waals surface area contributed by atoms with E-state index in [2.05, 4.69) is 5.32 Å². The van der Waals surface area contributed by atoms with Crippen molar-refractivity contribution in [3.8, 4) is 11.1 Å². The van der Waals surface area contributed by atoms with Crippen molar-refractivity contribution in [1.29, 1.82) is 0 Å². The van der Waals surface area contributed by atoms with E-state index < -0.39 is 11.9 Å².